The van der Waals surface area contributed by atoms with Crippen molar-refractivity contribution in [3.63, 3.8) is 0 Å². The Morgan fingerprint density at radius 2 is 1.68 bits per heavy atom. The van der Waals surface area contributed by atoms with Gasteiger partial charge in [-0.3, -0.25) is 14.4 Å². The molecule has 4 rings (SSSR count). The molecule has 1 aliphatic heterocycles. The van der Waals surface area contributed by atoms with Crippen LogP contribution in [0.25, 0.3) is 0 Å². The number of likely N-dealkylation sites (N-methyl/N-ethyl adjacent to an activating group) is 1. The van der Waals surface area contributed by atoms with E-state index in [0.717, 1.165) is 15.6 Å². The molecule has 210 valence electrons. The second-order valence-electron chi connectivity index (χ2n) is 9.71. The molecular formula is C31H34BrN3O5. The summed E-state index contributed by atoms with van der Waals surface area (Å²) >= 11 is 3.39. The third-order valence-electron chi connectivity index (χ3n) is 7.13. The Balaban J connectivity index is 1.68. The van der Waals surface area contributed by atoms with Gasteiger partial charge in [0.2, 0.25) is 17.7 Å². The minimum atomic E-state index is -0.597. The Morgan fingerprint density at radius 3 is 2.30 bits per heavy atom. The summed E-state index contributed by atoms with van der Waals surface area (Å²) < 4.78 is 11.9. The second kappa shape index (κ2) is 13.0. The maximum atomic E-state index is 14.1. The van der Waals surface area contributed by atoms with Crippen LogP contribution in [-0.4, -0.2) is 49.9 Å². The van der Waals surface area contributed by atoms with Gasteiger partial charge in [-0.1, -0.05) is 39.7 Å². The highest BCUT2D eigenvalue weighted by molar-refractivity contribution is 9.10. The number of halogens is 1. The number of rotatable bonds is 9. The molecule has 3 aromatic rings. The Morgan fingerprint density at radius 1 is 1.00 bits per heavy atom. The summed E-state index contributed by atoms with van der Waals surface area (Å²) in [6.07, 6.45) is 0.584. The number of benzene rings is 3. The van der Waals surface area contributed by atoms with E-state index in [1.165, 1.54) is 0 Å². The molecule has 1 aliphatic rings. The van der Waals surface area contributed by atoms with Gasteiger partial charge in [-0.2, -0.15) is 0 Å². The van der Waals surface area contributed by atoms with E-state index >= 15 is 0 Å². The highest BCUT2D eigenvalue weighted by Crippen LogP contribution is 2.43. The molecule has 0 radical (unpaired) electrons. The van der Waals surface area contributed by atoms with Gasteiger partial charge in [0.1, 0.15) is 0 Å². The molecule has 2 atom stereocenters. The molecule has 3 amide bonds. The van der Waals surface area contributed by atoms with Crippen LogP contribution in [0.5, 0.6) is 11.5 Å². The van der Waals surface area contributed by atoms with Gasteiger partial charge in [-0.15, -0.1) is 0 Å². The van der Waals surface area contributed by atoms with Gasteiger partial charge in [-0.05, 0) is 74.4 Å². The average molecular weight is 609 g/mol. The summed E-state index contributed by atoms with van der Waals surface area (Å²) in [6, 6.07) is 19.8. The molecule has 1 heterocycles. The Labute approximate surface area is 243 Å². The van der Waals surface area contributed by atoms with Crippen molar-refractivity contribution in [3.05, 3.63) is 82.3 Å². The first kappa shape index (κ1) is 29.1. The van der Waals surface area contributed by atoms with Gasteiger partial charge in [0, 0.05) is 28.8 Å². The minimum absolute atomic E-state index is 0.0660. The number of amides is 3. The van der Waals surface area contributed by atoms with Crippen LogP contribution in [-0.2, 0) is 14.4 Å². The Hall–Kier alpha value is -3.85. The van der Waals surface area contributed by atoms with Crippen molar-refractivity contribution < 1.29 is 23.9 Å². The topological polar surface area (TPSA) is 88.2 Å². The van der Waals surface area contributed by atoms with Gasteiger partial charge >= 0.3 is 0 Å². The van der Waals surface area contributed by atoms with Crippen molar-refractivity contribution in [2.24, 2.45) is 5.92 Å². The van der Waals surface area contributed by atoms with E-state index in [-0.39, 0.29) is 30.7 Å². The van der Waals surface area contributed by atoms with Crippen molar-refractivity contribution in [3.8, 4) is 11.5 Å². The fourth-order valence-corrected chi connectivity index (χ4v) is 5.33. The summed E-state index contributed by atoms with van der Waals surface area (Å²) in [5, 5.41) is 2.86. The van der Waals surface area contributed by atoms with Gasteiger partial charge < -0.3 is 24.6 Å². The molecule has 0 aromatic heterocycles. The number of piperidine rings is 1. The smallest absolute Gasteiger partial charge is 0.243 e. The molecule has 9 heteroatoms. The SMILES string of the molecule is CCN(CC(=O)Nc1ccc(Br)cc1)C(=O)C1CCC(=O)N(c2ccc(C)cc2)C1c1ccc(OC)c(OC)c1. The summed E-state index contributed by atoms with van der Waals surface area (Å²) in [5.41, 5.74) is 3.18. The van der Waals surface area contributed by atoms with E-state index in [4.69, 9.17) is 9.47 Å². The molecule has 8 nitrogen and oxygen atoms in total. The first-order chi connectivity index (χ1) is 19.2. The third kappa shape index (κ3) is 6.47. The Bertz CT molecular complexity index is 1360. The van der Waals surface area contributed by atoms with E-state index in [1.54, 1.807) is 42.2 Å². The number of nitrogens with zero attached hydrogens (tertiary/aromatic N) is 2. The second-order valence-corrected chi connectivity index (χ2v) is 10.6. The van der Waals surface area contributed by atoms with E-state index in [2.05, 4.69) is 21.2 Å². The van der Waals surface area contributed by atoms with Crippen molar-refractivity contribution in [2.75, 3.05) is 37.5 Å². The fourth-order valence-electron chi connectivity index (χ4n) is 5.07. The fraction of sp³-hybridized carbons (Fsp3) is 0.323. The molecule has 3 aromatic carbocycles. The minimum Gasteiger partial charge on any atom is -0.493 e. The largest absolute Gasteiger partial charge is 0.493 e. The lowest BCUT2D eigenvalue weighted by atomic mass is 9.82. The van der Waals surface area contributed by atoms with Crippen LogP contribution in [0.4, 0.5) is 11.4 Å². The van der Waals surface area contributed by atoms with Gasteiger partial charge in [0.05, 0.1) is 32.7 Å². The molecule has 0 saturated carbocycles. The van der Waals surface area contributed by atoms with Crippen LogP contribution in [0.1, 0.15) is 36.9 Å². The first-order valence-corrected chi connectivity index (χ1v) is 14.0. The van der Waals surface area contributed by atoms with Gasteiger partial charge in [0.25, 0.3) is 0 Å². The molecule has 0 bridgehead atoms. The summed E-state index contributed by atoms with van der Waals surface area (Å²) in [4.78, 5) is 43.7. The lowest BCUT2D eigenvalue weighted by Crippen LogP contribution is -2.50. The molecular weight excluding hydrogens is 574 g/mol. The van der Waals surface area contributed by atoms with Crippen LogP contribution < -0.4 is 19.7 Å². The highest BCUT2D eigenvalue weighted by Gasteiger charge is 2.43. The number of hydrogen-bond acceptors (Lipinski definition) is 5. The van der Waals surface area contributed by atoms with E-state index in [0.29, 0.717) is 35.8 Å². The van der Waals surface area contributed by atoms with E-state index < -0.39 is 12.0 Å². The zero-order valence-electron chi connectivity index (χ0n) is 23.1. The number of methoxy groups -OCH3 is 2. The molecule has 1 saturated heterocycles. The zero-order chi connectivity index (χ0) is 28.8. The number of anilines is 2. The van der Waals surface area contributed by atoms with Crippen LogP contribution in [0.15, 0.2) is 71.2 Å². The van der Waals surface area contributed by atoms with Gasteiger partial charge in [-0.25, -0.2) is 0 Å². The average Bonchev–Trinajstić information content (AvgIpc) is 2.96. The van der Waals surface area contributed by atoms with E-state index in [1.807, 2.05) is 62.4 Å². The molecule has 40 heavy (non-hydrogen) atoms. The lowest BCUT2D eigenvalue weighted by Gasteiger charge is -2.42. The molecule has 1 fully saturated rings. The van der Waals surface area contributed by atoms with Crippen molar-refractivity contribution >= 4 is 45.0 Å². The first-order valence-electron chi connectivity index (χ1n) is 13.2. The summed E-state index contributed by atoms with van der Waals surface area (Å²) in [5.74, 6) is -0.0474. The van der Waals surface area contributed by atoms with E-state index in [9.17, 15) is 14.4 Å². The van der Waals surface area contributed by atoms with Crippen LogP contribution in [0.3, 0.4) is 0 Å². The molecule has 2 unspecified atom stereocenters. The van der Waals surface area contributed by atoms with Crippen molar-refractivity contribution in [1.82, 2.24) is 4.90 Å². The third-order valence-corrected chi connectivity index (χ3v) is 7.66. The van der Waals surface area contributed by atoms with Crippen LogP contribution >= 0.6 is 15.9 Å². The molecule has 0 aliphatic carbocycles. The zero-order valence-corrected chi connectivity index (χ0v) is 24.7. The van der Waals surface area contributed by atoms with Crippen molar-refractivity contribution in [2.45, 2.75) is 32.7 Å². The quantitative estimate of drug-likeness (QED) is 0.335. The highest BCUT2D eigenvalue weighted by atomic mass is 79.9. The lowest BCUT2D eigenvalue weighted by molar-refractivity contribution is -0.140. The van der Waals surface area contributed by atoms with Crippen molar-refractivity contribution in [1.29, 1.82) is 0 Å². The summed E-state index contributed by atoms with van der Waals surface area (Å²) in [7, 11) is 3.11. The normalized spacial score (nSPS) is 16.8. The predicted molar refractivity (Wildman–Crippen MR) is 159 cm³/mol. The standard InChI is InChI=1S/C31H34BrN3O5/c1-5-34(19-28(36)33-23-11-9-22(32)10-12-23)31(38)25-15-17-29(37)35(24-13-6-20(2)7-14-24)30(25)21-8-16-26(39-3)27(18-21)40-4/h6-14,16,18,25,30H,5,15,17,19H2,1-4H3,(H,33,36). The number of ether oxygens (including phenoxy) is 2. The number of nitrogens with one attached hydrogen (secondary N) is 1. The number of aryl methyl sites for hydroxylation is 1. The number of hydrogen-bond donors (Lipinski definition) is 1. The molecule has 1 N–H and O–H groups in total. The number of carbonyl (C=O) groups excluding carboxylic acids is 3. The van der Waals surface area contributed by atoms with Crippen LogP contribution in [0.2, 0.25) is 0 Å². The Kier molecular flexibility index (Phi) is 9.47. The monoisotopic (exact) mass is 607 g/mol. The maximum absolute atomic E-state index is 14.1. The van der Waals surface area contributed by atoms with Gasteiger partial charge in [0.15, 0.2) is 11.5 Å². The number of carbonyl (C=O) groups is 3. The summed E-state index contributed by atoms with van der Waals surface area (Å²) in [6.45, 7) is 4.08. The van der Waals surface area contributed by atoms with Crippen LogP contribution in [0, 0.1) is 12.8 Å². The maximum Gasteiger partial charge on any atom is 0.243 e. The molecule has 0 spiro atoms. The predicted octanol–water partition coefficient (Wildman–Crippen LogP) is 5.75.